The summed E-state index contributed by atoms with van der Waals surface area (Å²) < 4.78 is 11.6. The van der Waals surface area contributed by atoms with Gasteiger partial charge in [0.2, 0.25) is 0 Å². The van der Waals surface area contributed by atoms with E-state index in [1.54, 1.807) is 5.57 Å². The molecule has 0 saturated heterocycles. The average Bonchev–Trinajstić information content (AvgIpc) is 3.26. The molecule has 8 unspecified atom stereocenters. The molecule has 3 nitrogen and oxygen atoms in total. The van der Waals surface area contributed by atoms with Crippen LogP contribution in [0, 0.1) is 46.3 Å². The number of hydrogen-bond acceptors (Lipinski definition) is 3. The van der Waals surface area contributed by atoms with E-state index in [4.69, 9.17) is 9.47 Å². The van der Waals surface area contributed by atoms with Gasteiger partial charge in [0.15, 0.2) is 0 Å². The van der Waals surface area contributed by atoms with Crippen LogP contribution in [0.15, 0.2) is 35.9 Å². The van der Waals surface area contributed by atoms with Gasteiger partial charge in [-0.3, -0.25) is 0 Å². The van der Waals surface area contributed by atoms with Crippen molar-refractivity contribution in [2.24, 2.45) is 46.3 Å². The van der Waals surface area contributed by atoms with Gasteiger partial charge in [0, 0.05) is 6.42 Å². The molecule has 0 spiro atoms. The largest absolute Gasteiger partial charge is 0.494 e. The Bertz CT molecular complexity index is 1020. The molecule has 5 rings (SSSR count). The van der Waals surface area contributed by atoms with Gasteiger partial charge in [-0.15, -0.1) is 0 Å². The zero-order chi connectivity index (χ0) is 27.8. The second-order valence-corrected chi connectivity index (χ2v) is 14.5. The first-order chi connectivity index (χ1) is 18.7. The molecule has 0 radical (unpaired) electrons. The molecule has 1 aromatic rings. The third-order valence-electron chi connectivity index (χ3n) is 11.9. The maximum absolute atomic E-state index is 12.9. The molecule has 1 aromatic carbocycles. The molecule has 0 aliphatic heterocycles. The molecule has 232 valence electrons. The van der Waals surface area contributed by atoms with Gasteiger partial charge in [0.25, 0.3) is 0 Å². The quantitative estimate of drug-likeness (QED) is 0.220. The van der Waals surface area contributed by atoms with E-state index in [-0.39, 0.29) is 32.3 Å². The smallest absolute Gasteiger partial charge is 0.338 e. The van der Waals surface area contributed by atoms with Gasteiger partial charge in [0.1, 0.15) is 11.9 Å². The molecule has 41 heavy (non-hydrogen) atoms. The molecule has 3 fully saturated rings. The summed E-state index contributed by atoms with van der Waals surface area (Å²) in [4.78, 5) is 12.9. The normalized spacial score (nSPS) is 34.6. The van der Waals surface area contributed by atoms with E-state index in [9.17, 15) is 4.79 Å². The summed E-state index contributed by atoms with van der Waals surface area (Å²) in [5.74, 6) is 5.72. The molecular weight excluding hydrogens is 504 g/mol. The van der Waals surface area contributed by atoms with E-state index in [1.165, 1.54) is 51.4 Å². The van der Waals surface area contributed by atoms with Gasteiger partial charge in [-0.05, 0) is 122 Å². The van der Waals surface area contributed by atoms with Crippen molar-refractivity contribution in [2.45, 2.75) is 133 Å². The van der Waals surface area contributed by atoms with Gasteiger partial charge in [-0.2, -0.15) is 0 Å². The van der Waals surface area contributed by atoms with Gasteiger partial charge < -0.3 is 9.47 Å². The lowest BCUT2D eigenvalue weighted by molar-refractivity contribution is -0.0594. The Hall–Kier alpha value is -1.77. The molecule has 4 aliphatic rings. The van der Waals surface area contributed by atoms with Crippen LogP contribution in [-0.2, 0) is 4.74 Å². The minimum atomic E-state index is -0.200. The molecule has 0 amide bonds. The first-order valence-corrected chi connectivity index (χ1v) is 16.3. The summed E-state index contributed by atoms with van der Waals surface area (Å²) in [6, 6.07) is 7.37. The third-order valence-corrected chi connectivity index (χ3v) is 11.9. The first-order valence-electron chi connectivity index (χ1n) is 16.3. The van der Waals surface area contributed by atoms with Crippen LogP contribution < -0.4 is 4.74 Å². The van der Waals surface area contributed by atoms with E-state index in [2.05, 4.69) is 40.7 Å². The van der Waals surface area contributed by atoms with Gasteiger partial charge in [-0.25, -0.2) is 4.79 Å². The highest BCUT2D eigenvalue weighted by atomic mass is 16.5. The zero-order valence-electron chi connectivity index (χ0n) is 25.6. The maximum Gasteiger partial charge on any atom is 0.338 e. The topological polar surface area (TPSA) is 35.5 Å². The number of carbonyl (C=O) groups is 1. The number of allylic oxidation sites excluding steroid dienone is 1. The molecule has 3 saturated carbocycles. The first kappa shape index (κ1) is 33.7. The van der Waals surface area contributed by atoms with Gasteiger partial charge >= 0.3 is 5.97 Å². The van der Waals surface area contributed by atoms with Crippen molar-refractivity contribution in [1.82, 2.24) is 0 Å². The molecule has 0 heterocycles. The van der Waals surface area contributed by atoms with Crippen molar-refractivity contribution < 1.29 is 14.3 Å². The number of esters is 1. The highest BCUT2D eigenvalue weighted by molar-refractivity contribution is 5.89. The Balaban J connectivity index is 0.00000231. The van der Waals surface area contributed by atoms with Crippen LogP contribution >= 0.6 is 0 Å². The number of fused-ring (bicyclic) bond motifs is 5. The number of benzene rings is 1. The SMILES string of the molecule is C.C.CCOc1ccc(C(=O)OC2CCC3(C)C(=CCC4C3CCC3(C)C(C(C)CCCC(C)C)CCC43)C2)cc1. The fraction of sp³-hybridized carbons (Fsp3) is 0.763. The fourth-order valence-corrected chi connectivity index (χ4v) is 9.83. The lowest BCUT2D eigenvalue weighted by Gasteiger charge is -2.58. The van der Waals surface area contributed by atoms with E-state index in [1.807, 2.05) is 31.2 Å². The molecule has 0 bridgehead atoms. The summed E-state index contributed by atoms with van der Waals surface area (Å²) >= 11 is 0. The van der Waals surface area contributed by atoms with Crippen LogP contribution in [-0.4, -0.2) is 18.7 Å². The Kier molecular flexibility index (Phi) is 11.3. The Morgan fingerprint density at radius 1 is 0.951 bits per heavy atom. The number of hydrogen-bond donors (Lipinski definition) is 0. The number of ether oxygens (including phenoxy) is 2. The molecule has 3 heteroatoms. The predicted molar refractivity (Wildman–Crippen MR) is 173 cm³/mol. The molecule has 0 aromatic heterocycles. The van der Waals surface area contributed by atoms with Crippen molar-refractivity contribution in [3.63, 3.8) is 0 Å². The maximum atomic E-state index is 12.9. The lowest BCUT2D eigenvalue weighted by Crippen LogP contribution is -2.51. The van der Waals surface area contributed by atoms with Crippen molar-refractivity contribution in [3.05, 3.63) is 41.5 Å². The van der Waals surface area contributed by atoms with Crippen LogP contribution in [0.25, 0.3) is 0 Å². The van der Waals surface area contributed by atoms with E-state index in [0.717, 1.165) is 60.5 Å². The summed E-state index contributed by atoms with van der Waals surface area (Å²) in [6.45, 7) is 15.1. The molecular formula is C38H62O3. The number of carbonyl (C=O) groups excluding carboxylic acids is 1. The number of rotatable bonds is 9. The predicted octanol–water partition coefficient (Wildman–Crippen LogP) is 10.9. The van der Waals surface area contributed by atoms with Gasteiger partial charge in [0.05, 0.1) is 12.2 Å². The van der Waals surface area contributed by atoms with Crippen molar-refractivity contribution in [1.29, 1.82) is 0 Å². The van der Waals surface area contributed by atoms with Crippen LogP contribution in [0.2, 0.25) is 0 Å². The van der Waals surface area contributed by atoms with Gasteiger partial charge in [-0.1, -0.05) is 80.4 Å². The zero-order valence-corrected chi connectivity index (χ0v) is 25.6. The van der Waals surface area contributed by atoms with Crippen LogP contribution in [0.5, 0.6) is 5.75 Å². The summed E-state index contributed by atoms with van der Waals surface area (Å²) in [7, 11) is 0. The van der Waals surface area contributed by atoms with Crippen LogP contribution in [0.4, 0.5) is 0 Å². The molecule has 0 N–H and O–H groups in total. The van der Waals surface area contributed by atoms with Crippen LogP contribution in [0.1, 0.15) is 137 Å². The molecule has 4 aliphatic carbocycles. The Morgan fingerprint density at radius 3 is 2.37 bits per heavy atom. The summed E-state index contributed by atoms with van der Waals surface area (Å²) in [5, 5.41) is 0. The molecule has 8 atom stereocenters. The van der Waals surface area contributed by atoms with Crippen molar-refractivity contribution in [3.8, 4) is 5.75 Å². The minimum absolute atomic E-state index is 0. The highest BCUT2D eigenvalue weighted by Crippen LogP contribution is 2.67. The Labute approximate surface area is 253 Å². The third kappa shape index (κ3) is 6.59. The standard InChI is InChI=1S/C36H54O3.2CH4/c1-7-38-28-14-11-26(12-15-28)34(37)39-29-19-21-35(5)27(23-29)13-16-30-32-18-17-31(25(4)10-8-9-24(2)3)36(32,6)22-20-33(30)35;;/h11-15,24-25,29-33H,7-10,16-23H2,1-6H3;2*1H4. The van der Waals surface area contributed by atoms with Crippen LogP contribution in [0.3, 0.4) is 0 Å². The van der Waals surface area contributed by atoms with Crippen molar-refractivity contribution >= 4 is 5.97 Å². The Morgan fingerprint density at radius 2 is 1.68 bits per heavy atom. The second-order valence-electron chi connectivity index (χ2n) is 14.5. The lowest BCUT2D eigenvalue weighted by atomic mass is 9.47. The van der Waals surface area contributed by atoms with E-state index >= 15 is 0 Å². The monoisotopic (exact) mass is 566 g/mol. The van der Waals surface area contributed by atoms with Crippen molar-refractivity contribution in [2.75, 3.05) is 6.61 Å². The minimum Gasteiger partial charge on any atom is -0.494 e. The fourth-order valence-electron chi connectivity index (χ4n) is 9.83. The summed E-state index contributed by atoms with van der Waals surface area (Å²) in [6.07, 6.45) is 16.8. The van der Waals surface area contributed by atoms with E-state index < -0.39 is 0 Å². The second kappa shape index (κ2) is 13.7. The summed E-state index contributed by atoms with van der Waals surface area (Å²) in [5.41, 5.74) is 3.02. The highest BCUT2D eigenvalue weighted by Gasteiger charge is 2.59. The average molecular weight is 567 g/mol. The van der Waals surface area contributed by atoms with E-state index in [0.29, 0.717) is 17.6 Å².